The van der Waals surface area contributed by atoms with E-state index in [9.17, 15) is 9.18 Å². The van der Waals surface area contributed by atoms with Gasteiger partial charge in [0, 0.05) is 44.4 Å². The van der Waals surface area contributed by atoms with E-state index >= 15 is 0 Å². The molecule has 1 fully saturated rings. The third kappa shape index (κ3) is 5.99. The maximum absolute atomic E-state index is 13.6. The molecule has 0 bridgehead atoms. The van der Waals surface area contributed by atoms with E-state index in [1.807, 2.05) is 0 Å². The molecule has 34 heavy (non-hydrogen) atoms. The van der Waals surface area contributed by atoms with Crippen LogP contribution in [0.15, 0.2) is 48.8 Å². The number of ether oxygens (including phenoxy) is 2. The minimum Gasteiger partial charge on any atom is -0.486 e. The monoisotopic (exact) mass is 491 g/mol. The second-order valence-electron chi connectivity index (χ2n) is 7.45. The second-order valence-corrected chi connectivity index (χ2v) is 7.85. The quantitative estimate of drug-likeness (QED) is 0.452. The van der Waals surface area contributed by atoms with Gasteiger partial charge in [0.15, 0.2) is 0 Å². The molecule has 2 heterocycles. The first-order valence-electron chi connectivity index (χ1n) is 13.3. The molecule has 178 valence electrons. The molecule has 4 rings (SSSR count). The number of nitrogens with one attached hydrogen (secondary N) is 2. The number of likely N-dealkylation sites (N-methyl/N-ethyl adjacent to an activating group) is 1. The standard InChI is InChI=1S/C24H25ClFN5O3/c1-31(2)8-3-4-23(32)30-21-11-17-20(12-22(21)34-16-7-9-33-13-16)27-14-28-24(17)29-15-5-6-19(26)18(25)10-15/h3-6,10-12,14,16H,7-9,13H2,1-2H3,(H,30,32)(H,27,28,29)/b4-3+/t16-/m0/s1/i1D3,2D3. The van der Waals surface area contributed by atoms with Crippen LogP contribution in [-0.4, -0.2) is 60.6 Å². The molecule has 0 aliphatic carbocycles. The van der Waals surface area contributed by atoms with Crippen molar-refractivity contribution in [2.75, 3.05) is 44.3 Å². The lowest BCUT2D eigenvalue weighted by molar-refractivity contribution is -0.111. The maximum atomic E-state index is 13.6. The van der Waals surface area contributed by atoms with Crippen molar-refractivity contribution in [1.29, 1.82) is 0 Å². The highest BCUT2D eigenvalue weighted by atomic mass is 35.5. The first-order valence-corrected chi connectivity index (χ1v) is 10.7. The van der Waals surface area contributed by atoms with Gasteiger partial charge in [0.1, 0.15) is 29.8 Å². The Balaban J connectivity index is 1.63. The Labute approximate surface area is 210 Å². The van der Waals surface area contributed by atoms with E-state index in [2.05, 4.69) is 20.6 Å². The third-order valence-corrected chi connectivity index (χ3v) is 5.21. The molecule has 1 amide bonds. The lowest BCUT2D eigenvalue weighted by Gasteiger charge is -2.17. The van der Waals surface area contributed by atoms with E-state index in [-0.39, 0.29) is 16.8 Å². The molecule has 0 saturated carbocycles. The minimum absolute atomic E-state index is 0.0758. The third-order valence-electron chi connectivity index (χ3n) is 4.92. The summed E-state index contributed by atoms with van der Waals surface area (Å²) in [5, 5.41) is 6.17. The highest BCUT2D eigenvalue weighted by Crippen LogP contribution is 2.35. The van der Waals surface area contributed by atoms with Crippen LogP contribution in [0.1, 0.15) is 14.6 Å². The normalized spacial score (nSPS) is 19.2. The fourth-order valence-electron chi connectivity index (χ4n) is 3.31. The lowest BCUT2D eigenvalue weighted by Crippen LogP contribution is -2.18. The van der Waals surface area contributed by atoms with Gasteiger partial charge in [-0.25, -0.2) is 14.4 Å². The Bertz CT molecular complexity index is 1400. The van der Waals surface area contributed by atoms with E-state index in [0.29, 0.717) is 52.7 Å². The number of carbonyl (C=O) groups is 1. The van der Waals surface area contributed by atoms with Gasteiger partial charge >= 0.3 is 0 Å². The summed E-state index contributed by atoms with van der Waals surface area (Å²) in [6.07, 6.45) is 3.91. The van der Waals surface area contributed by atoms with Crippen LogP contribution >= 0.6 is 11.6 Å². The molecule has 2 aromatic carbocycles. The first-order chi connectivity index (χ1) is 18.8. The van der Waals surface area contributed by atoms with Gasteiger partial charge in [0.05, 0.1) is 29.4 Å². The number of fused-ring (bicyclic) bond motifs is 1. The lowest BCUT2D eigenvalue weighted by atomic mass is 10.1. The molecule has 2 N–H and O–H groups in total. The Hall–Kier alpha value is -3.27. The predicted octanol–water partition coefficient (Wildman–Crippen LogP) is 4.39. The molecule has 1 aliphatic heterocycles. The van der Waals surface area contributed by atoms with Crippen molar-refractivity contribution in [2.24, 2.45) is 0 Å². The van der Waals surface area contributed by atoms with Gasteiger partial charge in [0.25, 0.3) is 0 Å². The van der Waals surface area contributed by atoms with Crippen LogP contribution in [0.25, 0.3) is 10.9 Å². The zero-order chi connectivity index (χ0) is 29.1. The van der Waals surface area contributed by atoms with Crippen LogP contribution in [0.4, 0.5) is 21.6 Å². The van der Waals surface area contributed by atoms with Gasteiger partial charge in [-0.3, -0.25) is 4.79 Å². The predicted molar refractivity (Wildman–Crippen MR) is 130 cm³/mol. The summed E-state index contributed by atoms with van der Waals surface area (Å²) in [5.74, 6) is -0.567. The molecule has 0 radical (unpaired) electrons. The van der Waals surface area contributed by atoms with Crippen molar-refractivity contribution in [1.82, 2.24) is 14.9 Å². The van der Waals surface area contributed by atoms with Gasteiger partial charge in [-0.05, 0) is 38.2 Å². The summed E-state index contributed by atoms with van der Waals surface area (Å²) < 4.78 is 69.7. The zero-order valence-corrected chi connectivity index (χ0v) is 18.6. The number of rotatable bonds is 8. The van der Waals surface area contributed by atoms with Crippen molar-refractivity contribution in [3.63, 3.8) is 0 Å². The summed E-state index contributed by atoms with van der Waals surface area (Å²) in [4.78, 5) is 21.7. The summed E-state index contributed by atoms with van der Waals surface area (Å²) in [6, 6.07) is 7.32. The number of nitrogens with zero attached hydrogens (tertiary/aromatic N) is 3. The Morgan fingerprint density at radius 2 is 2.26 bits per heavy atom. The van der Waals surface area contributed by atoms with Gasteiger partial charge in [-0.1, -0.05) is 17.7 Å². The van der Waals surface area contributed by atoms with E-state index < -0.39 is 32.2 Å². The van der Waals surface area contributed by atoms with Gasteiger partial charge in [0.2, 0.25) is 5.91 Å². The molecule has 10 heteroatoms. The Morgan fingerprint density at radius 1 is 1.38 bits per heavy atom. The number of benzene rings is 2. The number of halogens is 2. The number of carbonyl (C=O) groups excluding carboxylic acids is 1. The highest BCUT2D eigenvalue weighted by Gasteiger charge is 2.20. The molecule has 0 unspecified atom stereocenters. The summed E-state index contributed by atoms with van der Waals surface area (Å²) in [7, 11) is 0. The number of hydrogen-bond donors (Lipinski definition) is 2. The maximum Gasteiger partial charge on any atom is 0.248 e. The van der Waals surface area contributed by atoms with E-state index in [4.69, 9.17) is 29.3 Å². The Kier molecular flexibility index (Phi) is 5.45. The zero-order valence-electron chi connectivity index (χ0n) is 23.8. The molecule has 1 atom stereocenters. The fourth-order valence-corrected chi connectivity index (χ4v) is 3.49. The molecule has 1 aromatic heterocycles. The van der Waals surface area contributed by atoms with Crippen LogP contribution < -0.4 is 15.4 Å². The van der Waals surface area contributed by atoms with Crippen molar-refractivity contribution >= 4 is 45.6 Å². The molecule has 0 spiro atoms. The largest absolute Gasteiger partial charge is 0.486 e. The Morgan fingerprint density at radius 3 is 3.03 bits per heavy atom. The molecule has 1 aliphatic rings. The summed E-state index contributed by atoms with van der Waals surface area (Å²) >= 11 is 5.90. The van der Waals surface area contributed by atoms with Crippen LogP contribution in [0.5, 0.6) is 5.75 Å². The molecular formula is C24H25ClFN5O3. The van der Waals surface area contributed by atoms with E-state index in [0.717, 1.165) is 12.2 Å². The van der Waals surface area contributed by atoms with Crippen LogP contribution in [-0.2, 0) is 9.53 Å². The smallest absolute Gasteiger partial charge is 0.248 e. The average Bonchev–Trinajstić information content (AvgIpc) is 3.36. The fraction of sp³-hybridized carbons (Fsp3) is 0.292. The van der Waals surface area contributed by atoms with Crippen LogP contribution in [0, 0.1) is 5.82 Å². The highest BCUT2D eigenvalue weighted by molar-refractivity contribution is 6.31. The second kappa shape index (κ2) is 10.8. The van der Waals surface area contributed by atoms with E-state index in [1.54, 1.807) is 12.1 Å². The topological polar surface area (TPSA) is 88.6 Å². The van der Waals surface area contributed by atoms with Gasteiger partial charge < -0.3 is 25.0 Å². The average molecular weight is 492 g/mol. The number of aromatic nitrogens is 2. The van der Waals surface area contributed by atoms with Crippen molar-refractivity contribution < 1.29 is 26.9 Å². The number of amides is 1. The number of hydrogen-bond acceptors (Lipinski definition) is 7. The number of anilines is 3. The van der Waals surface area contributed by atoms with Crippen LogP contribution in [0.2, 0.25) is 5.02 Å². The van der Waals surface area contributed by atoms with Crippen molar-refractivity contribution in [2.45, 2.75) is 12.5 Å². The van der Waals surface area contributed by atoms with Crippen molar-refractivity contribution in [3.8, 4) is 5.75 Å². The van der Waals surface area contributed by atoms with Gasteiger partial charge in [-0.15, -0.1) is 0 Å². The van der Waals surface area contributed by atoms with Gasteiger partial charge in [-0.2, -0.15) is 0 Å². The SMILES string of the molecule is [2H]C([2H])([2H])N(C/C=C/C(=O)Nc1cc2c(Nc3ccc(F)c(Cl)c3)ncnc2cc1O[C@H]1CCOC1)C([2H])([2H])[2H]. The van der Waals surface area contributed by atoms with E-state index in [1.165, 1.54) is 24.5 Å². The summed E-state index contributed by atoms with van der Waals surface area (Å²) in [5.41, 5.74) is 1.21. The summed E-state index contributed by atoms with van der Waals surface area (Å²) in [6.45, 7) is -5.38. The molecule has 8 nitrogen and oxygen atoms in total. The molecule has 3 aromatic rings. The molecular weight excluding hydrogens is 461 g/mol. The van der Waals surface area contributed by atoms with Crippen LogP contribution in [0.3, 0.4) is 0 Å². The first kappa shape index (κ1) is 17.2. The van der Waals surface area contributed by atoms with Crippen molar-refractivity contribution in [3.05, 3.63) is 59.7 Å². The molecule has 1 saturated heterocycles. The minimum atomic E-state index is -2.88.